The van der Waals surface area contributed by atoms with E-state index in [4.69, 9.17) is 17.0 Å². The highest BCUT2D eigenvalue weighted by Crippen LogP contribution is 2.17. The average Bonchev–Trinajstić information content (AvgIpc) is 2.36. The molecule has 0 aromatic carbocycles. The van der Waals surface area contributed by atoms with Gasteiger partial charge in [0.25, 0.3) is 0 Å². The molecule has 1 aliphatic rings. The maximum atomic E-state index is 11.7. The zero-order valence-electron chi connectivity index (χ0n) is 10.3. The summed E-state index contributed by atoms with van der Waals surface area (Å²) in [6, 6.07) is 0. The quantitative estimate of drug-likeness (QED) is 0.467. The Hall–Kier alpha value is -1.10. The maximum Gasteiger partial charge on any atom is 0.310 e. The van der Waals surface area contributed by atoms with Crippen LogP contribution in [0, 0.1) is 5.92 Å². The zero-order chi connectivity index (χ0) is 12.7. The number of likely N-dealkylation sites (tertiary alicyclic amines) is 1. The van der Waals surface area contributed by atoms with Crippen LogP contribution in [0.15, 0.2) is 12.7 Å². The van der Waals surface area contributed by atoms with Crippen molar-refractivity contribution >= 4 is 23.3 Å². The van der Waals surface area contributed by atoms with Crippen LogP contribution in [0.25, 0.3) is 0 Å². The number of esters is 1. The number of ether oxygens (including phenoxy) is 1. The first kappa shape index (κ1) is 14.0. The van der Waals surface area contributed by atoms with Crippen molar-refractivity contribution in [3.63, 3.8) is 0 Å². The van der Waals surface area contributed by atoms with Gasteiger partial charge in [0.1, 0.15) is 0 Å². The lowest BCUT2D eigenvalue weighted by Crippen LogP contribution is -2.47. The maximum absolute atomic E-state index is 11.7. The normalized spacial score (nSPS) is 19.6. The molecule has 0 bridgehead atoms. The summed E-state index contributed by atoms with van der Waals surface area (Å²) in [7, 11) is 0. The Labute approximate surface area is 108 Å². The Balaban J connectivity index is 2.45. The van der Waals surface area contributed by atoms with E-state index in [1.54, 1.807) is 6.08 Å². The van der Waals surface area contributed by atoms with E-state index in [1.165, 1.54) is 0 Å². The second-order valence-electron chi connectivity index (χ2n) is 4.01. The molecule has 1 heterocycles. The fourth-order valence-electron chi connectivity index (χ4n) is 1.89. The number of thiocarbonyl (C=S) groups is 1. The monoisotopic (exact) mass is 256 g/mol. The molecule has 17 heavy (non-hydrogen) atoms. The minimum absolute atomic E-state index is 0.0489. The van der Waals surface area contributed by atoms with Gasteiger partial charge in [-0.1, -0.05) is 6.08 Å². The Bertz CT molecular complexity index is 294. The van der Waals surface area contributed by atoms with Crippen molar-refractivity contribution in [2.45, 2.75) is 19.8 Å². The van der Waals surface area contributed by atoms with Crippen molar-refractivity contribution in [2.75, 3.05) is 26.2 Å². The first-order chi connectivity index (χ1) is 8.19. The molecule has 0 aromatic rings. The van der Waals surface area contributed by atoms with Crippen molar-refractivity contribution in [1.82, 2.24) is 10.2 Å². The van der Waals surface area contributed by atoms with Crippen LogP contribution in [0.5, 0.6) is 0 Å². The molecular weight excluding hydrogens is 236 g/mol. The Morgan fingerprint density at radius 2 is 2.47 bits per heavy atom. The van der Waals surface area contributed by atoms with Crippen molar-refractivity contribution < 1.29 is 9.53 Å². The van der Waals surface area contributed by atoms with E-state index in [0.717, 1.165) is 19.4 Å². The number of hydrogen-bond acceptors (Lipinski definition) is 3. The summed E-state index contributed by atoms with van der Waals surface area (Å²) in [4.78, 5) is 13.7. The minimum atomic E-state index is -0.108. The van der Waals surface area contributed by atoms with Crippen LogP contribution in [0.1, 0.15) is 19.8 Å². The first-order valence-electron chi connectivity index (χ1n) is 5.99. The lowest BCUT2D eigenvalue weighted by molar-refractivity contribution is -0.149. The molecule has 1 rings (SSSR count). The third-order valence-corrected chi connectivity index (χ3v) is 3.13. The highest BCUT2D eigenvalue weighted by molar-refractivity contribution is 7.80. The standard InChI is InChI=1S/C12H20N2O2S/c1-3-7-13-12(17)14-8-5-6-10(9-14)11(15)16-4-2/h3,10H,1,4-9H2,2H3,(H,13,17)/t10-/m0/s1. The van der Waals surface area contributed by atoms with E-state index >= 15 is 0 Å². The number of rotatable bonds is 4. The fourth-order valence-corrected chi connectivity index (χ4v) is 2.13. The molecule has 0 spiro atoms. The van der Waals surface area contributed by atoms with E-state index in [9.17, 15) is 4.79 Å². The summed E-state index contributed by atoms with van der Waals surface area (Å²) in [5, 5.41) is 3.77. The van der Waals surface area contributed by atoms with Gasteiger partial charge in [0.2, 0.25) is 0 Å². The van der Waals surface area contributed by atoms with Crippen molar-refractivity contribution in [3.05, 3.63) is 12.7 Å². The lowest BCUT2D eigenvalue weighted by Gasteiger charge is -2.33. The topological polar surface area (TPSA) is 41.6 Å². The average molecular weight is 256 g/mol. The molecule has 1 aliphatic heterocycles. The summed E-state index contributed by atoms with van der Waals surface area (Å²) >= 11 is 5.26. The van der Waals surface area contributed by atoms with E-state index in [1.807, 2.05) is 11.8 Å². The summed E-state index contributed by atoms with van der Waals surface area (Å²) in [5.41, 5.74) is 0. The second kappa shape index (κ2) is 7.27. The third kappa shape index (κ3) is 4.34. The van der Waals surface area contributed by atoms with Crippen LogP contribution >= 0.6 is 12.2 Å². The lowest BCUT2D eigenvalue weighted by atomic mass is 9.98. The Kier molecular flexibility index (Phi) is 5.97. The van der Waals surface area contributed by atoms with Gasteiger partial charge in [0.05, 0.1) is 12.5 Å². The largest absolute Gasteiger partial charge is 0.466 e. The predicted octanol–water partition coefficient (Wildman–Crippen LogP) is 1.32. The molecule has 0 amide bonds. The van der Waals surface area contributed by atoms with Crippen molar-refractivity contribution in [1.29, 1.82) is 0 Å². The smallest absolute Gasteiger partial charge is 0.310 e. The van der Waals surface area contributed by atoms with Crippen molar-refractivity contribution in [3.8, 4) is 0 Å². The molecule has 0 radical (unpaired) electrons. The predicted molar refractivity (Wildman–Crippen MR) is 71.7 cm³/mol. The molecule has 0 unspecified atom stereocenters. The highest BCUT2D eigenvalue weighted by Gasteiger charge is 2.27. The van der Waals surface area contributed by atoms with E-state index in [0.29, 0.717) is 24.8 Å². The Morgan fingerprint density at radius 3 is 3.12 bits per heavy atom. The molecule has 96 valence electrons. The van der Waals surface area contributed by atoms with Gasteiger partial charge in [0, 0.05) is 19.6 Å². The molecule has 5 heteroatoms. The summed E-state index contributed by atoms with van der Waals surface area (Å²) in [6.45, 7) is 8.11. The van der Waals surface area contributed by atoms with Crippen LogP contribution in [0.3, 0.4) is 0 Å². The van der Waals surface area contributed by atoms with Crippen LogP contribution < -0.4 is 5.32 Å². The third-order valence-electron chi connectivity index (χ3n) is 2.73. The molecule has 0 aliphatic carbocycles. The number of carbonyl (C=O) groups is 1. The number of nitrogens with zero attached hydrogens (tertiary/aromatic N) is 1. The van der Waals surface area contributed by atoms with Gasteiger partial charge in [0.15, 0.2) is 5.11 Å². The molecule has 1 fully saturated rings. The van der Waals surface area contributed by atoms with Crippen LogP contribution in [0.4, 0.5) is 0 Å². The summed E-state index contributed by atoms with van der Waals surface area (Å²) < 4.78 is 5.05. The van der Waals surface area contributed by atoms with E-state index < -0.39 is 0 Å². The minimum Gasteiger partial charge on any atom is -0.466 e. The first-order valence-corrected chi connectivity index (χ1v) is 6.40. The van der Waals surface area contributed by atoms with Crippen LogP contribution in [-0.2, 0) is 9.53 Å². The van der Waals surface area contributed by atoms with Gasteiger partial charge in [-0.3, -0.25) is 4.79 Å². The zero-order valence-corrected chi connectivity index (χ0v) is 11.1. The molecule has 1 N–H and O–H groups in total. The van der Waals surface area contributed by atoms with Gasteiger partial charge in [-0.05, 0) is 32.0 Å². The van der Waals surface area contributed by atoms with Crippen molar-refractivity contribution in [2.24, 2.45) is 5.92 Å². The number of nitrogens with one attached hydrogen (secondary N) is 1. The number of carbonyl (C=O) groups excluding carboxylic acids is 1. The molecule has 0 aromatic heterocycles. The fraction of sp³-hybridized carbons (Fsp3) is 0.667. The van der Waals surface area contributed by atoms with E-state index in [2.05, 4.69) is 11.9 Å². The van der Waals surface area contributed by atoms with Gasteiger partial charge >= 0.3 is 5.97 Å². The molecule has 4 nitrogen and oxygen atoms in total. The van der Waals surface area contributed by atoms with E-state index in [-0.39, 0.29) is 11.9 Å². The molecular formula is C12H20N2O2S. The Morgan fingerprint density at radius 1 is 1.71 bits per heavy atom. The summed E-state index contributed by atoms with van der Waals surface area (Å²) in [6.07, 6.45) is 3.62. The molecule has 1 atom stereocenters. The number of piperidine rings is 1. The number of hydrogen-bond donors (Lipinski definition) is 1. The van der Waals surface area contributed by atoms with Gasteiger partial charge in [-0.25, -0.2) is 0 Å². The summed E-state index contributed by atoms with van der Waals surface area (Å²) in [5.74, 6) is -0.157. The van der Waals surface area contributed by atoms with Crippen LogP contribution in [-0.4, -0.2) is 42.2 Å². The highest BCUT2D eigenvalue weighted by atomic mass is 32.1. The van der Waals surface area contributed by atoms with Gasteiger partial charge in [-0.2, -0.15) is 0 Å². The van der Waals surface area contributed by atoms with Crippen LogP contribution in [0.2, 0.25) is 0 Å². The second-order valence-corrected chi connectivity index (χ2v) is 4.40. The molecule has 1 saturated heterocycles. The SMILES string of the molecule is C=CCNC(=S)N1CCC[C@H](C(=O)OCC)C1. The van der Waals surface area contributed by atoms with Gasteiger partial charge < -0.3 is 15.0 Å². The van der Waals surface area contributed by atoms with Gasteiger partial charge in [-0.15, -0.1) is 6.58 Å². The molecule has 0 saturated carbocycles.